The number of carbonyl (C=O) groups excluding carboxylic acids is 1. The second-order valence-corrected chi connectivity index (χ2v) is 7.82. The molecule has 4 aromatic rings. The van der Waals surface area contributed by atoms with Gasteiger partial charge in [0.05, 0.1) is 18.6 Å². The van der Waals surface area contributed by atoms with Gasteiger partial charge in [-0.3, -0.25) is 0 Å². The van der Waals surface area contributed by atoms with Crippen LogP contribution in [0.4, 0.5) is 0 Å². The van der Waals surface area contributed by atoms with Crippen LogP contribution in [0.3, 0.4) is 0 Å². The lowest BCUT2D eigenvalue weighted by Gasteiger charge is -2.27. The van der Waals surface area contributed by atoms with E-state index in [1.807, 2.05) is 60.7 Å². The van der Waals surface area contributed by atoms with Gasteiger partial charge in [0.15, 0.2) is 0 Å². The van der Waals surface area contributed by atoms with E-state index in [0.717, 1.165) is 21.9 Å². The van der Waals surface area contributed by atoms with Crippen molar-refractivity contribution < 1.29 is 19.0 Å². The number of nitrogens with two attached hydrogens (primary N) is 1. The smallest absolute Gasteiger partial charge is 0.344 e. The van der Waals surface area contributed by atoms with Crippen molar-refractivity contribution in [1.29, 1.82) is 5.26 Å². The molecule has 0 radical (unpaired) electrons. The number of methoxy groups -OCH3 is 1. The van der Waals surface area contributed by atoms with Gasteiger partial charge in [0.2, 0.25) is 5.88 Å². The molecule has 0 fully saturated rings. The maximum absolute atomic E-state index is 13.0. The second kappa shape index (κ2) is 8.64. The highest BCUT2D eigenvalue weighted by molar-refractivity contribution is 6.05. The SMILES string of the molecule is COc1cccc(C2C(C#N)=C(N)Oc3cc(OC(=O)c4cccc5ccccc45)ccc32)c1. The van der Waals surface area contributed by atoms with Crippen LogP contribution in [0.25, 0.3) is 10.8 Å². The number of ether oxygens (including phenoxy) is 3. The fourth-order valence-corrected chi connectivity index (χ4v) is 4.23. The zero-order chi connectivity index (χ0) is 23.7. The van der Waals surface area contributed by atoms with Crippen molar-refractivity contribution >= 4 is 16.7 Å². The molecule has 34 heavy (non-hydrogen) atoms. The maximum Gasteiger partial charge on any atom is 0.344 e. The van der Waals surface area contributed by atoms with Crippen molar-refractivity contribution in [2.24, 2.45) is 5.73 Å². The van der Waals surface area contributed by atoms with Crippen LogP contribution in [0.1, 0.15) is 27.4 Å². The molecule has 0 saturated heterocycles. The molecule has 1 atom stereocenters. The average molecular weight is 448 g/mol. The second-order valence-electron chi connectivity index (χ2n) is 7.82. The standard InChI is InChI=1S/C28H20N2O4/c1-32-19-9-4-8-18(14-19)26-23-13-12-20(15-25(23)34-27(30)24(26)16-29)33-28(31)22-11-5-7-17-6-2-3-10-21(17)22/h2-15,26H,30H2,1H3. The Morgan fingerprint density at radius 1 is 0.971 bits per heavy atom. The Balaban J connectivity index is 1.51. The molecule has 0 bridgehead atoms. The summed E-state index contributed by atoms with van der Waals surface area (Å²) in [7, 11) is 1.59. The number of hydrogen-bond donors (Lipinski definition) is 1. The lowest BCUT2D eigenvalue weighted by molar-refractivity contribution is 0.0736. The van der Waals surface area contributed by atoms with E-state index in [9.17, 15) is 10.1 Å². The normalized spacial score (nSPS) is 14.6. The fraction of sp³-hybridized carbons (Fsp3) is 0.0714. The molecule has 1 heterocycles. The highest BCUT2D eigenvalue weighted by Gasteiger charge is 2.31. The van der Waals surface area contributed by atoms with Gasteiger partial charge >= 0.3 is 5.97 Å². The van der Waals surface area contributed by atoms with Gasteiger partial charge in [0.25, 0.3) is 0 Å². The van der Waals surface area contributed by atoms with E-state index in [0.29, 0.717) is 28.4 Å². The summed E-state index contributed by atoms with van der Waals surface area (Å²) in [6, 6.07) is 27.8. The Bertz CT molecular complexity index is 1490. The van der Waals surface area contributed by atoms with Crippen LogP contribution in [0.15, 0.2) is 96.4 Å². The number of nitrogens with zero attached hydrogens (tertiary/aromatic N) is 1. The number of esters is 1. The van der Waals surface area contributed by atoms with Gasteiger partial charge in [0, 0.05) is 11.6 Å². The van der Waals surface area contributed by atoms with E-state index in [1.54, 1.807) is 31.4 Å². The van der Waals surface area contributed by atoms with Crippen molar-refractivity contribution in [3.05, 3.63) is 113 Å². The number of fused-ring (bicyclic) bond motifs is 2. The van der Waals surface area contributed by atoms with Crippen molar-refractivity contribution in [2.45, 2.75) is 5.92 Å². The molecule has 166 valence electrons. The molecule has 0 aliphatic carbocycles. The average Bonchev–Trinajstić information content (AvgIpc) is 2.87. The molecule has 0 spiro atoms. The van der Waals surface area contributed by atoms with Crippen LogP contribution in [0.5, 0.6) is 17.2 Å². The molecular formula is C28H20N2O4. The molecule has 0 amide bonds. The maximum atomic E-state index is 13.0. The minimum Gasteiger partial charge on any atom is -0.497 e. The quantitative estimate of drug-likeness (QED) is 0.337. The number of benzene rings is 4. The summed E-state index contributed by atoms with van der Waals surface area (Å²) >= 11 is 0. The van der Waals surface area contributed by atoms with Crippen molar-refractivity contribution in [1.82, 2.24) is 0 Å². The predicted molar refractivity (Wildman–Crippen MR) is 128 cm³/mol. The third-order valence-electron chi connectivity index (χ3n) is 5.84. The molecule has 6 nitrogen and oxygen atoms in total. The Labute approximate surface area is 196 Å². The van der Waals surface area contributed by atoms with Crippen LogP contribution in [0.2, 0.25) is 0 Å². The summed E-state index contributed by atoms with van der Waals surface area (Å²) in [6.07, 6.45) is 0. The van der Waals surface area contributed by atoms with E-state index in [2.05, 4.69) is 6.07 Å². The van der Waals surface area contributed by atoms with Gasteiger partial charge in [-0.1, -0.05) is 54.6 Å². The van der Waals surface area contributed by atoms with Crippen molar-refractivity contribution in [3.8, 4) is 23.3 Å². The molecule has 1 unspecified atom stereocenters. The Kier molecular flexibility index (Phi) is 5.36. The first-order chi connectivity index (χ1) is 16.6. The molecular weight excluding hydrogens is 428 g/mol. The lowest BCUT2D eigenvalue weighted by Crippen LogP contribution is -2.21. The third kappa shape index (κ3) is 3.70. The highest BCUT2D eigenvalue weighted by atomic mass is 16.5. The van der Waals surface area contributed by atoms with E-state index in [4.69, 9.17) is 19.9 Å². The monoisotopic (exact) mass is 448 g/mol. The lowest BCUT2D eigenvalue weighted by atomic mass is 9.83. The zero-order valence-corrected chi connectivity index (χ0v) is 18.3. The molecule has 5 rings (SSSR count). The van der Waals surface area contributed by atoms with Gasteiger partial charge in [-0.15, -0.1) is 0 Å². The fourth-order valence-electron chi connectivity index (χ4n) is 4.23. The largest absolute Gasteiger partial charge is 0.497 e. The summed E-state index contributed by atoms with van der Waals surface area (Å²) in [5, 5.41) is 11.5. The minimum atomic E-state index is -0.474. The molecule has 1 aliphatic heterocycles. The first-order valence-corrected chi connectivity index (χ1v) is 10.6. The summed E-state index contributed by atoms with van der Waals surface area (Å²) in [5.74, 6) is 0.508. The van der Waals surface area contributed by atoms with Crippen LogP contribution < -0.4 is 19.9 Å². The van der Waals surface area contributed by atoms with Crippen molar-refractivity contribution in [2.75, 3.05) is 7.11 Å². The molecule has 6 heteroatoms. The Morgan fingerprint density at radius 3 is 2.59 bits per heavy atom. The summed E-state index contributed by atoms with van der Waals surface area (Å²) in [6.45, 7) is 0. The molecule has 2 N–H and O–H groups in total. The van der Waals surface area contributed by atoms with Crippen LogP contribution in [0, 0.1) is 11.3 Å². The number of rotatable bonds is 4. The minimum absolute atomic E-state index is 0.0142. The molecule has 1 aliphatic rings. The molecule has 4 aromatic carbocycles. The van der Waals surface area contributed by atoms with E-state index < -0.39 is 11.9 Å². The van der Waals surface area contributed by atoms with E-state index in [-0.39, 0.29) is 5.88 Å². The van der Waals surface area contributed by atoms with Gasteiger partial charge < -0.3 is 19.9 Å². The van der Waals surface area contributed by atoms with Crippen molar-refractivity contribution in [3.63, 3.8) is 0 Å². The molecule has 0 saturated carbocycles. The number of hydrogen-bond acceptors (Lipinski definition) is 6. The van der Waals surface area contributed by atoms with Crippen LogP contribution >= 0.6 is 0 Å². The van der Waals surface area contributed by atoms with Gasteiger partial charge in [0.1, 0.15) is 28.9 Å². The van der Waals surface area contributed by atoms with Gasteiger partial charge in [-0.25, -0.2) is 4.79 Å². The van der Waals surface area contributed by atoms with Gasteiger partial charge in [-0.05, 0) is 40.6 Å². The predicted octanol–water partition coefficient (Wildman–Crippen LogP) is 5.29. The number of carbonyl (C=O) groups is 1. The van der Waals surface area contributed by atoms with Gasteiger partial charge in [-0.2, -0.15) is 5.26 Å². The topological polar surface area (TPSA) is 94.6 Å². The summed E-state index contributed by atoms with van der Waals surface area (Å²) in [4.78, 5) is 13.0. The van der Waals surface area contributed by atoms with Crippen LogP contribution in [-0.2, 0) is 0 Å². The highest BCUT2D eigenvalue weighted by Crippen LogP contribution is 2.44. The zero-order valence-electron chi connectivity index (χ0n) is 18.3. The number of nitriles is 1. The van der Waals surface area contributed by atoms with Crippen LogP contribution in [-0.4, -0.2) is 13.1 Å². The van der Waals surface area contributed by atoms with E-state index in [1.165, 1.54) is 0 Å². The first-order valence-electron chi connectivity index (χ1n) is 10.6. The third-order valence-corrected chi connectivity index (χ3v) is 5.84. The molecule has 0 aromatic heterocycles. The van der Waals surface area contributed by atoms with E-state index >= 15 is 0 Å². The Hall–Kier alpha value is -4.76. The first kappa shape index (κ1) is 21.1. The summed E-state index contributed by atoms with van der Waals surface area (Å²) in [5.41, 5.74) is 8.46. The number of allylic oxidation sites excluding steroid dienone is 1. The Morgan fingerprint density at radius 2 is 1.76 bits per heavy atom. The summed E-state index contributed by atoms with van der Waals surface area (Å²) < 4.78 is 16.8.